The summed E-state index contributed by atoms with van der Waals surface area (Å²) in [5, 5.41) is 20.7. The lowest BCUT2D eigenvalue weighted by atomic mass is 10.1. The molecule has 0 aliphatic heterocycles. The predicted molar refractivity (Wildman–Crippen MR) is 157 cm³/mol. The number of azo groups is 1. The second-order valence-corrected chi connectivity index (χ2v) is 15.2. The third-order valence-corrected chi connectivity index (χ3v) is 9.91. The highest BCUT2D eigenvalue weighted by molar-refractivity contribution is 7.91. The lowest BCUT2D eigenvalue weighted by molar-refractivity contribution is -0.114. The van der Waals surface area contributed by atoms with E-state index in [1.54, 1.807) is 6.07 Å². The molecular weight excluding hydrogens is 683 g/mol. The average molecular weight is 704 g/mol. The number of carbonyl (C=O) groups is 1. The van der Waals surface area contributed by atoms with E-state index < -0.39 is 80.0 Å². The topological polar surface area (TPSA) is 281 Å². The molecule has 0 aliphatic rings. The van der Waals surface area contributed by atoms with E-state index in [2.05, 4.69) is 19.7 Å². The largest absolute Gasteiger partial charge is 0.505 e. The van der Waals surface area contributed by atoms with E-state index in [0.717, 1.165) is 25.1 Å². The van der Waals surface area contributed by atoms with Gasteiger partial charge in [0, 0.05) is 17.7 Å². The number of nitrogens with zero attached hydrogens (tertiary/aromatic N) is 2. The summed E-state index contributed by atoms with van der Waals surface area (Å²) in [5.41, 5.74) is -1.31. The minimum atomic E-state index is -5.18. The Balaban J connectivity index is 1.89. The van der Waals surface area contributed by atoms with E-state index in [0.29, 0.717) is 5.39 Å². The van der Waals surface area contributed by atoms with Gasteiger partial charge in [0.15, 0.2) is 15.6 Å². The number of hydrogen-bond acceptors (Lipinski definition) is 13. The van der Waals surface area contributed by atoms with Crippen molar-refractivity contribution in [2.24, 2.45) is 10.2 Å². The zero-order valence-corrected chi connectivity index (χ0v) is 25.8. The van der Waals surface area contributed by atoms with Crippen molar-refractivity contribution in [3.63, 3.8) is 0 Å². The zero-order valence-electron chi connectivity index (χ0n) is 22.5. The highest BCUT2D eigenvalue weighted by atomic mass is 32.3. The number of phenolic OH excluding ortho intramolecular Hbond substituents is 1. The number of anilines is 1. The predicted octanol–water partition coefficient (Wildman–Crippen LogP) is 3.16. The number of carbonyl (C=O) groups excluding carboxylic acids is 1. The third-order valence-electron chi connectivity index (χ3n) is 6.02. The van der Waals surface area contributed by atoms with E-state index in [1.165, 1.54) is 30.3 Å². The highest BCUT2D eigenvalue weighted by Crippen LogP contribution is 2.45. The summed E-state index contributed by atoms with van der Waals surface area (Å²) >= 11 is 0. The number of nitrogens with one attached hydrogen (secondary N) is 1. The Bertz CT molecular complexity index is 2360. The molecule has 0 atom stereocenters. The molecule has 5 N–H and O–H groups in total. The monoisotopic (exact) mass is 703 g/mol. The molecule has 240 valence electrons. The van der Waals surface area contributed by atoms with Gasteiger partial charge in [-0.15, -0.1) is 5.11 Å². The number of sulfone groups is 1. The molecule has 1 amide bonds. The van der Waals surface area contributed by atoms with Crippen LogP contribution in [0.5, 0.6) is 5.75 Å². The van der Waals surface area contributed by atoms with Crippen molar-refractivity contribution in [2.75, 3.05) is 17.7 Å². The summed E-state index contributed by atoms with van der Waals surface area (Å²) in [6.45, 7) is 0.161. The molecule has 4 aromatic carbocycles. The fourth-order valence-corrected chi connectivity index (χ4v) is 7.14. The Labute approximate surface area is 255 Å². The zero-order chi connectivity index (χ0) is 33.5. The van der Waals surface area contributed by atoms with Crippen LogP contribution in [-0.4, -0.2) is 70.7 Å². The van der Waals surface area contributed by atoms with Crippen LogP contribution < -0.4 is 5.32 Å². The van der Waals surface area contributed by atoms with Gasteiger partial charge in [-0.25, -0.2) is 12.6 Å². The Morgan fingerprint density at radius 2 is 1.51 bits per heavy atom. The Kier molecular flexibility index (Phi) is 9.02. The number of benzene rings is 4. The molecule has 17 nitrogen and oxygen atoms in total. The van der Waals surface area contributed by atoms with E-state index >= 15 is 0 Å². The van der Waals surface area contributed by atoms with Gasteiger partial charge in [0.1, 0.15) is 10.6 Å². The normalized spacial score (nSPS) is 13.1. The molecular formula is C24H21N3O14S4. The highest BCUT2D eigenvalue weighted by Gasteiger charge is 2.26. The molecule has 0 aliphatic carbocycles. The van der Waals surface area contributed by atoms with Crippen LogP contribution >= 0.6 is 0 Å². The molecule has 0 fully saturated rings. The lowest BCUT2D eigenvalue weighted by Crippen LogP contribution is -2.15. The molecule has 0 unspecified atom stereocenters. The van der Waals surface area contributed by atoms with Crippen LogP contribution in [0.2, 0.25) is 0 Å². The smallest absolute Gasteiger partial charge is 0.397 e. The standard InChI is InChI=1S/C24H21N3O14S4/c1-13(28)25-19-12-17(43(32,33)34)9-15-10-21(44(35,36)37)23(24(29)22(15)19)27-26-16-6-5-14-3-2-4-20(18(14)11-16)42(30,31)8-7-41-45(38,39)40/h2-6,9-12,29H,7-8H2,1H3,(H,25,28)(H,32,33,34)(H,35,36,37)(H,38,39,40). The van der Waals surface area contributed by atoms with Crippen LogP contribution in [0.15, 0.2) is 79.5 Å². The molecule has 0 bridgehead atoms. The molecule has 4 rings (SSSR count). The molecule has 0 saturated carbocycles. The van der Waals surface area contributed by atoms with Crippen LogP contribution in [0.25, 0.3) is 21.5 Å². The van der Waals surface area contributed by atoms with Gasteiger partial charge in [0.05, 0.1) is 33.5 Å². The van der Waals surface area contributed by atoms with Crippen LogP contribution in [0, 0.1) is 0 Å². The van der Waals surface area contributed by atoms with Crippen molar-refractivity contribution in [2.45, 2.75) is 21.6 Å². The van der Waals surface area contributed by atoms with Crippen molar-refractivity contribution < 1.29 is 61.4 Å². The van der Waals surface area contributed by atoms with Gasteiger partial charge in [-0.05, 0) is 47.2 Å². The second kappa shape index (κ2) is 12.0. The van der Waals surface area contributed by atoms with Crippen LogP contribution in [0.4, 0.5) is 17.1 Å². The summed E-state index contributed by atoms with van der Waals surface area (Å²) in [6, 6.07) is 10.4. The molecule has 0 aromatic heterocycles. The first-order valence-electron chi connectivity index (χ1n) is 12.0. The fraction of sp³-hybridized carbons (Fsp3) is 0.125. The molecule has 0 saturated heterocycles. The molecule has 4 aromatic rings. The molecule has 0 spiro atoms. The van der Waals surface area contributed by atoms with Gasteiger partial charge >= 0.3 is 10.4 Å². The van der Waals surface area contributed by atoms with Gasteiger partial charge in [0.25, 0.3) is 20.2 Å². The number of fused-ring (bicyclic) bond motifs is 2. The Morgan fingerprint density at radius 1 is 0.822 bits per heavy atom. The third kappa shape index (κ3) is 7.77. The van der Waals surface area contributed by atoms with E-state index in [1.807, 2.05) is 0 Å². The van der Waals surface area contributed by atoms with Gasteiger partial charge in [0.2, 0.25) is 5.91 Å². The minimum Gasteiger partial charge on any atom is -0.505 e. The van der Waals surface area contributed by atoms with E-state index in [4.69, 9.17) is 4.55 Å². The quantitative estimate of drug-likeness (QED) is 0.117. The average Bonchev–Trinajstić information content (AvgIpc) is 2.89. The summed E-state index contributed by atoms with van der Waals surface area (Å²) < 4.78 is 128. The van der Waals surface area contributed by atoms with Crippen molar-refractivity contribution in [1.29, 1.82) is 0 Å². The van der Waals surface area contributed by atoms with E-state index in [-0.39, 0.29) is 32.4 Å². The first kappa shape index (κ1) is 33.8. The van der Waals surface area contributed by atoms with Gasteiger partial charge in [-0.1, -0.05) is 18.2 Å². The van der Waals surface area contributed by atoms with E-state index in [9.17, 15) is 52.7 Å². The summed E-state index contributed by atoms with van der Waals surface area (Å²) in [5.74, 6) is -2.55. The Morgan fingerprint density at radius 3 is 2.11 bits per heavy atom. The molecule has 0 radical (unpaired) electrons. The number of hydrogen-bond donors (Lipinski definition) is 5. The molecule has 21 heteroatoms. The SMILES string of the molecule is CC(=O)Nc1cc(S(=O)(=O)O)cc2cc(S(=O)(=O)O)c(N=Nc3ccc4cccc(S(=O)(=O)CCOS(=O)(=O)O)c4c3)c(O)c12. The maximum Gasteiger partial charge on any atom is 0.397 e. The van der Waals surface area contributed by atoms with Crippen molar-refractivity contribution in [3.8, 4) is 5.75 Å². The maximum atomic E-state index is 12.9. The van der Waals surface area contributed by atoms with Gasteiger partial charge in [-0.3, -0.25) is 18.5 Å². The lowest BCUT2D eigenvalue weighted by Gasteiger charge is -2.14. The molecule has 45 heavy (non-hydrogen) atoms. The van der Waals surface area contributed by atoms with Crippen molar-refractivity contribution in [3.05, 3.63) is 54.6 Å². The van der Waals surface area contributed by atoms with Crippen LogP contribution in [0.1, 0.15) is 6.92 Å². The number of phenols is 1. The van der Waals surface area contributed by atoms with Crippen molar-refractivity contribution in [1.82, 2.24) is 0 Å². The van der Waals surface area contributed by atoms with Gasteiger partial charge in [-0.2, -0.15) is 30.4 Å². The summed E-state index contributed by atoms with van der Waals surface area (Å²) in [4.78, 5) is 9.69. The molecule has 0 heterocycles. The maximum absolute atomic E-state index is 12.9. The number of aromatic hydroxyl groups is 1. The Hall–Kier alpha value is -4.09. The minimum absolute atomic E-state index is 0.0734. The first-order chi connectivity index (χ1) is 20.7. The number of rotatable bonds is 10. The summed E-state index contributed by atoms with van der Waals surface area (Å²) in [7, 11) is -19.2. The van der Waals surface area contributed by atoms with Crippen molar-refractivity contribution >= 4 is 85.0 Å². The second-order valence-electron chi connectivity index (χ2n) is 9.20. The summed E-state index contributed by atoms with van der Waals surface area (Å²) in [6.07, 6.45) is 0. The van der Waals surface area contributed by atoms with Crippen LogP contribution in [0.3, 0.4) is 0 Å². The van der Waals surface area contributed by atoms with Gasteiger partial charge < -0.3 is 10.4 Å². The first-order valence-corrected chi connectivity index (χ1v) is 17.9. The van der Waals surface area contributed by atoms with Crippen LogP contribution in [-0.2, 0) is 49.5 Å². The fourth-order valence-electron chi connectivity index (χ4n) is 4.22. The number of amides is 1.